The molecule has 3 atom stereocenters. The summed E-state index contributed by atoms with van der Waals surface area (Å²) in [7, 11) is 0. The maximum absolute atomic E-state index is 2.72. The highest BCUT2D eigenvalue weighted by atomic mass is 15.2. The van der Waals surface area contributed by atoms with Crippen LogP contribution in [0.2, 0.25) is 0 Å². The maximum Gasteiger partial charge on any atom is 0.00957 e. The van der Waals surface area contributed by atoms with Crippen LogP contribution >= 0.6 is 0 Å². The van der Waals surface area contributed by atoms with Crippen LogP contribution in [0, 0.1) is 17.8 Å². The maximum atomic E-state index is 2.72. The van der Waals surface area contributed by atoms with Crippen molar-refractivity contribution in [2.24, 2.45) is 17.8 Å². The Labute approximate surface area is 104 Å². The molecule has 0 aromatic rings. The Morgan fingerprint density at radius 2 is 0.625 bits per heavy atom. The molecule has 98 valence electrons. The van der Waals surface area contributed by atoms with Crippen LogP contribution in [0.4, 0.5) is 0 Å². The molecule has 0 aromatic heterocycles. The van der Waals surface area contributed by atoms with E-state index in [0.29, 0.717) is 18.1 Å². The van der Waals surface area contributed by atoms with Crippen molar-refractivity contribution >= 4 is 0 Å². The van der Waals surface area contributed by atoms with Gasteiger partial charge in [-0.25, -0.2) is 0 Å². The van der Waals surface area contributed by atoms with Crippen LogP contribution in [-0.2, 0) is 0 Å². The van der Waals surface area contributed by atoms with Crippen LogP contribution in [-0.4, -0.2) is 23.0 Å². The summed E-state index contributed by atoms with van der Waals surface area (Å²) in [6.45, 7) is 21.1. The van der Waals surface area contributed by atoms with Gasteiger partial charge in [-0.1, -0.05) is 41.5 Å². The molecule has 0 amide bonds. The Bertz CT molecular complexity index is 151. The van der Waals surface area contributed by atoms with E-state index in [-0.39, 0.29) is 0 Å². The Balaban J connectivity index is 4.89. The van der Waals surface area contributed by atoms with Crippen LogP contribution in [0.15, 0.2) is 0 Å². The highest BCUT2D eigenvalue weighted by molar-refractivity contribution is 4.83. The third-order valence-corrected chi connectivity index (χ3v) is 4.31. The lowest BCUT2D eigenvalue weighted by Crippen LogP contribution is -2.51. The predicted molar refractivity (Wildman–Crippen MR) is 74.7 cm³/mol. The summed E-state index contributed by atoms with van der Waals surface area (Å²) in [5, 5.41) is 0. The molecule has 0 spiro atoms. The summed E-state index contributed by atoms with van der Waals surface area (Å²) in [6.07, 6.45) is 0. The molecule has 0 bridgehead atoms. The molecule has 1 heteroatoms. The Kier molecular flexibility index (Phi) is 6.62. The first kappa shape index (κ1) is 16.0. The molecule has 0 heterocycles. The van der Waals surface area contributed by atoms with Crippen LogP contribution in [0.3, 0.4) is 0 Å². The van der Waals surface area contributed by atoms with E-state index in [2.05, 4.69) is 67.2 Å². The fourth-order valence-corrected chi connectivity index (χ4v) is 2.15. The average molecular weight is 227 g/mol. The van der Waals surface area contributed by atoms with E-state index < -0.39 is 0 Å². The second kappa shape index (κ2) is 6.64. The summed E-state index contributed by atoms with van der Waals surface area (Å²) >= 11 is 0. The number of hydrogen-bond donors (Lipinski definition) is 0. The van der Waals surface area contributed by atoms with Gasteiger partial charge in [0, 0.05) is 18.1 Å². The Morgan fingerprint density at radius 3 is 0.750 bits per heavy atom. The van der Waals surface area contributed by atoms with Crippen molar-refractivity contribution in [1.29, 1.82) is 0 Å². The SMILES string of the molecule is CC(C)C(C)N(C(C)C(C)C)C(C)C(C)C. The first-order chi connectivity index (χ1) is 7.20. The topological polar surface area (TPSA) is 3.24 Å². The van der Waals surface area contributed by atoms with Gasteiger partial charge in [0.05, 0.1) is 0 Å². The van der Waals surface area contributed by atoms with Crippen molar-refractivity contribution < 1.29 is 0 Å². The molecule has 0 saturated carbocycles. The normalized spacial score (nSPS) is 18.6. The van der Waals surface area contributed by atoms with Gasteiger partial charge in [-0.05, 0) is 38.5 Å². The zero-order chi connectivity index (χ0) is 13.0. The highest BCUT2D eigenvalue weighted by Crippen LogP contribution is 2.24. The monoisotopic (exact) mass is 227 g/mol. The lowest BCUT2D eigenvalue weighted by atomic mass is 9.92. The third-order valence-electron chi connectivity index (χ3n) is 4.31. The number of rotatable bonds is 6. The van der Waals surface area contributed by atoms with Gasteiger partial charge < -0.3 is 0 Å². The van der Waals surface area contributed by atoms with Crippen molar-refractivity contribution in [2.45, 2.75) is 80.4 Å². The van der Waals surface area contributed by atoms with Crippen molar-refractivity contribution in [3.63, 3.8) is 0 Å². The molecule has 0 aromatic carbocycles. The highest BCUT2D eigenvalue weighted by Gasteiger charge is 2.29. The molecule has 3 unspecified atom stereocenters. The summed E-state index contributed by atoms with van der Waals surface area (Å²) in [5.74, 6) is 2.17. The largest absolute Gasteiger partial charge is 0.295 e. The van der Waals surface area contributed by atoms with Gasteiger partial charge in [0.15, 0.2) is 0 Å². The van der Waals surface area contributed by atoms with Crippen LogP contribution in [0.5, 0.6) is 0 Å². The fourth-order valence-electron chi connectivity index (χ4n) is 2.15. The zero-order valence-corrected chi connectivity index (χ0v) is 12.9. The summed E-state index contributed by atoms with van der Waals surface area (Å²) in [5.41, 5.74) is 0. The minimum Gasteiger partial charge on any atom is -0.295 e. The first-order valence-corrected chi connectivity index (χ1v) is 6.97. The molecule has 0 N–H and O–H groups in total. The van der Waals surface area contributed by atoms with E-state index in [4.69, 9.17) is 0 Å². The lowest BCUT2D eigenvalue weighted by Gasteiger charge is -2.44. The van der Waals surface area contributed by atoms with Crippen molar-refractivity contribution in [3.05, 3.63) is 0 Å². The van der Waals surface area contributed by atoms with E-state index in [0.717, 1.165) is 17.8 Å². The average Bonchev–Trinajstić information content (AvgIpc) is 2.16. The van der Waals surface area contributed by atoms with Crippen molar-refractivity contribution in [3.8, 4) is 0 Å². The predicted octanol–water partition coefficient (Wildman–Crippen LogP) is 4.42. The molecule has 1 nitrogen and oxygen atoms in total. The lowest BCUT2D eigenvalue weighted by molar-refractivity contribution is 0.0355. The third kappa shape index (κ3) is 4.08. The molecule has 0 radical (unpaired) electrons. The molecule has 0 rings (SSSR count). The van der Waals surface area contributed by atoms with Gasteiger partial charge in [0.1, 0.15) is 0 Å². The molecule has 0 fully saturated rings. The smallest absolute Gasteiger partial charge is 0.00957 e. The van der Waals surface area contributed by atoms with Gasteiger partial charge in [-0.2, -0.15) is 0 Å². The van der Waals surface area contributed by atoms with Crippen molar-refractivity contribution in [2.75, 3.05) is 0 Å². The van der Waals surface area contributed by atoms with Gasteiger partial charge in [-0.15, -0.1) is 0 Å². The molecule has 0 aliphatic rings. The molecular weight excluding hydrogens is 194 g/mol. The minimum absolute atomic E-state index is 0.662. The quantitative estimate of drug-likeness (QED) is 0.649. The molecule has 0 aliphatic heterocycles. The summed E-state index contributed by atoms with van der Waals surface area (Å²) in [4.78, 5) is 2.72. The van der Waals surface area contributed by atoms with E-state index in [1.807, 2.05) is 0 Å². The van der Waals surface area contributed by atoms with E-state index in [1.165, 1.54) is 0 Å². The number of nitrogens with zero attached hydrogens (tertiary/aromatic N) is 1. The van der Waals surface area contributed by atoms with Crippen LogP contribution < -0.4 is 0 Å². The molecule has 0 saturated heterocycles. The van der Waals surface area contributed by atoms with Gasteiger partial charge in [0.25, 0.3) is 0 Å². The van der Waals surface area contributed by atoms with E-state index in [9.17, 15) is 0 Å². The Morgan fingerprint density at radius 1 is 0.438 bits per heavy atom. The van der Waals surface area contributed by atoms with Gasteiger partial charge >= 0.3 is 0 Å². The summed E-state index contributed by atoms with van der Waals surface area (Å²) in [6, 6.07) is 1.99. The fraction of sp³-hybridized carbons (Fsp3) is 1.00. The number of hydrogen-bond acceptors (Lipinski definition) is 1. The van der Waals surface area contributed by atoms with Crippen LogP contribution in [0.1, 0.15) is 62.3 Å². The zero-order valence-electron chi connectivity index (χ0n) is 12.9. The molecular formula is C15H33N. The standard InChI is InChI=1S/C15H33N/c1-10(2)13(7)16(14(8)11(3)4)15(9)12(5)6/h10-15H,1-9H3. The van der Waals surface area contributed by atoms with E-state index >= 15 is 0 Å². The minimum atomic E-state index is 0.662. The second-order valence-corrected chi connectivity index (χ2v) is 6.40. The van der Waals surface area contributed by atoms with Gasteiger partial charge in [-0.3, -0.25) is 4.90 Å². The van der Waals surface area contributed by atoms with Crippen LogP contribution in [0.25, 0.3) is 0 Å². The summed E-state index contributed by atoms with van der Waals surface area (Å²) < 4.78 is 0. The van der Waals surface area contributed by atoms with Crippen molar-refractivity contribution in [1.82, 2.24) is 4.90 Å². The Hall–Kier alpha value is -0.0400. The first-order valence-electron chi connectivity index (χ1n) is 6.97. The molecule has 0 aliphatic carbocycles. The van der Waals surface area contributed by atoms with E-state index in [1.54, 1.807) is 0 Å². The second-order valence-electron chi connectivity index (χ2n) is 6.40. The molecule has 16 heavy (non-hydrogen) atoms. The van der Waals surface area contributed by atoms with Gasteiger partial charge in [0.2, 0.25) is 0 Å².